The first-order valence-electron chi connectivity index (χ1n) is 11.2. The van der Waals surface area contributed by atoms with Crippen LogP contribution in [0.15, 0.2) is 36.8 Å². The van der Waals surface area contributed by atoms with Gasteiger partial charge in [0.05, 0.1) is 29.7 Å². The predicted octanol–water partition coefficient (Wildman–Crippen LogP) is 3.38. The number of nitrogens with two attached hydrogens (primary N) is 1. The quantitative estimate of drug-likeness (QED) is 0.467. The summed E-state index contributed by atoms with van der Waals surface area (Å²) in [6, 6.07) is 7.91. The van der Waals surface area contributed by atoms with E-state index in [1.807, 2.05) is 22.8 Å². The molecule has 5 rings (SSSR count). The van der Waals surface area contributed by atoms with Crippen LogP contribution in [0.5, 0.6) is 0 Å². The molecule has 34 heavy (non-hydrogen) atoms. The third-order valence-corrected chi connectivity index (χ3v) is 7.97. The Balaban J connectivity index is 1.53. The summed E-state index contributed by atoms with van der Waals surface area (Å²) in [5.41, 5.74) is 1.96. The van der Waals surface area contributed by atoms with Crippen molar-refractivity contribution in [3.8, 4) is 0 Å². The first-order valence-corrected chi connectivity index (χ1v) is 13.1. The van der Waals surface area contributed by atoms with Gasteiger partial charge >= 0.3 is 10.3 Å². The Hall–Kier alpha value is -2.24. The molecule has 0 saturated heterocycles. The van der Waals surface area contributed by atoms with Gasteiger partial charge in [-0.3, -0.25) is 4.18 Å². The number of rotatable bonds is 6. The van der Waals surface area contributed by atoms with Crippen molar-refractivity contribution in [3.05, 3.63) is 52.9 Å². The van der Waals surface area contributed by atoms with Crippen LogP contribution >= 0.6 is 11.6 Å². The fourth-order valence-electron chi connectivity index (χ4n) is 5.61. The molecule has 4 N–H and O–H groups in total. The Bertz CT molecular complexity index is 1360. The van der Waals surface area contributed by atoms with Crippen molar-refractivity contribution in [1.29, 1.82) is 0 Å². The lowest BCUT2D eigenvalue weighted by atomic mass is 9.86. The van der Waals surface area contributed by atoms with Gasteiger partial charge in [0.25, 0.3) is 0 Å². The molecule has 0 bridgehead atoms. The standard InChI is InChI=1S/C23H28ClN5O4S/c1-22(2)11-18(15-6-5-14(24)10-17(15)22)28-20-16-7-9-29(21(16)27-13-26-20)23(8-3-4-19(23)30)12-33-34(25,31)32/h5-7,9-10,13,18-19,30H,3-4,8,11-12H2,1-2H3,(H2,25,31,32)(H,26,27,28)/t18?,19-,23-/m0/s1. The van der Waals surface area contributed by atoms with E-state index in [0.29, 0.717) is 24.3 Å². The molecule has 2 aliphatic rings. The third kappa shape index (κ3) is 3.97. The smallest absolute Gasteiger partial charge is 0.333 e. The zero-order chi connectivity index (χ0) is 24.3. The molecule has 2 heterocycles. The van der Waals surface area contributed by atoms with Crippen LogP contribution in [0.1, 0.15) is 56.7 Å². The number of nitrogens with zero attached hydrogens (tertiary/aromatic N) is 3. The highest BCUT2D eigenvalue weighted by atomic mass is 35.5. The largest absolute Gasteiger partial charge is 0.391 e. The number of halogens is 1. The minimum Gasteiger partial charge on any atom is -0.391 e. The summed E-state index contributed by atoms with van der Waals surface area (Å²) in [6.45, 7) is 4.13. The molecule has 0 spiro atoms. The monoisotopic (exact) mass is 505 g/mol. The van der Waals surface area contributed by atoms with E-state index in [0.717, 1.165) is 23.3 Å². The van der Waals surface area contributed by atoms with Crippen molar-refractivity contribution in [2.75, 3.05) is 11.9 Å². The van der Waals surface area contributed by atoms with Gasteiger partial charge in [0.1, 0.15) is 17.8 Å². The van der Waals surface area contributed by atoms with Gasteiger partial charge in [-0.05, 0) is 60.4 Å². The number of aliphatic hydroxyl groups is 1. The number of anilines is 1. The zero-order valence-corrected chi connectivity index (χ0v) is 20.6. The van der Waals surface area contributed by atoms with Crippen molar-refractivity contribution < 1.29 is 17.7 Å². The topological polar surface area (TPSA) is 132 Å². The lowest BCUT2D eigenvalue weighted by Gasteiger charge is -2.34. The first-order chi connectivity index (χ1) is 16.0. The van der Waals surface area contributed by atoms with E-state index in [1.54, 1.807) is 6.20 Å². The van der Waals surface area contributed by atoms with Gasteiger partial charge in [-0.2, -0.15) is 8.42 Å². The fourth-order valence-corrected chi connectivity index (χ4v) is 6.15. The van der Waals surface area contributed by atoms with Crippen LogP contribution < -0.4 is 10.5 Å². The molecule has 1 aromatic carbocycles. The maximum absolute atomic E-state index is 11.5. The summed E-state index contributed by atoms with van der Waals surface area (Å²) in [6.07, 6.45) is 5.13. The number of hydrogen-bond acceptors (Lipinski definition) is 7. The summed E-state index contributed by atoms with van der Waals surface area (Å²) in [5, 5.41) is 21.0. The van der Waals surface area contributed by atoms with Gasteiger partial charge in [-0.1, -0.05) is 31.5 Å². The van der Waals surface area contributed by atoms with Crippen LogP contribution in [0.2, 0.25) is 5.02 Å². The zero-order valence-electron chi connectivity index (χ0n) is 19.0. The molecular formula is C23H28ClN5O4S. The van der Waals surface area contributed by atoms with E-state index in [2.05, 4.69) is 35.2 Å². The van der Waals surface area contributed by atoms with E-state index in [9.17, 15) is 13.5 Å². The average Bonchev–Trinajstić information content (AvgIpc) is 3.42. The predicted molar refractivity (Wildman–Crippen MR) is 130 cm³/mol. The molecule has 2 aliphatic carbocycles. The highest BCUT2D eigenvalue weighted by molar-refractivity contribution is 7.84. The third-order valence-electron chi connectivity index (χ3n) is 7.29. The molecule has 0 amide bonds. The molecule has 9 nitrogen and oxygen atoms in total. The molecule has 1 saturated carbocycles. The summed E-state index contributed by atoms with van der Waals surface area (Å²) in [5.74, 6) is 0.669. The van der Waals surface area contributed by atoms with E-state index in [1.165, 1.54) is 17.5 Å². The molecular weight excluding hydrogens is 478 g/mol. The number of nitrogens with one attached hydrogen (secondary N) is 1. The van der Waals surface area contributed by atoms with Crippen LogP contribution in [0.3, 0.4) is 0 Å². The van der Waals surface area contributed by atoms with E-state index >= 15 is 0 Å². The number of benzene rings is 1. The van der Waals surface area contributed by atoms with E-state index in [-0.39, 0.29) is 18.1 Å². The molecule has 11 heteroatoms. The van der Waals surface area contributed by atoms with Crippen LogP contribution in [0.25, 0.3) is 11.0 Å². The fraction of sp³-hybridized carbons (Fsp3) is 0.478. The van der Waals surface area contributed by atoms with Crippen LogP contribution in [0.4, 0.5) is 5.82 Å². The number of aliphatic hydroxyl groups excluding tert-OH is 1. The second kappa shape index (κ2) is 8.17. The Morgan fingerprint density at radius 3 is 2.82 bits per heavy atom. The van der Waals surface area contributed by atoms with Crippen LogP contribution in [0, 0.1) is 0 Å². The van der Waals surface area contributed by atoms with Crippen molar-refractivity contribution in [1.82, 2.24) is 14.5 Å². The van der Waals surface area contributed by atoms with Crippen LogP contribution in [-0.4, -0.2) is 40.8 Å². The van der Waals surface area contributed by atoms with E-state index < -0.39 is 21.9 Å². The summed E-state index contributed by atoms with van der Waals surface area (Å²) >= 11 is 6.26. The SMILES string of the molecule is CC1(C)CC(Nc2ncnc3c2ccn3[C@]2(COS(N)(=O)=O)CCC[C@@H]2O)c2ccc(Cl)cc21. The number of aromatic nitrogens is 3. The summed E-state index contributed by atoms with van der Waals surface area (Å²) < 4.78 is 29.8. The van der Waals surface area contributed by atoms with Crippen molar-refractivity contribution in [2.45, 2.75) is 62.6 Å². The minimum absolute atomic E-state index is 0.0421. The lowest BCUT2D eigenvalue weighted by Crippen LogP contribution is -2.46. The molecule has 1 fully saturated rings. The summed E-state index contributed by atoms with van der Waals surface area (Å²) in [7, 11) is -4.16. The van der Waals surface area contributed by atoms with Gasteiger partial charge in [-0.15, -0.1) is 0 Å². The number of fused-ring (bicyclic) bond motifs is 2. The lowest BCUT2D eigenvalue weighted by molar-refractivity contribution is 0.0281. The average molecular weight is 506 g/mol. The molecule has 1 unspecified atom stereocenters. The van der Waals surface area contributed by atoms with E-state index in [4.69, 9.17) is 20.9 Å². The highest BCUT2D eigenvalue weighted by Crippen LogP contribution is 2.47. The second-order valence-corrected chi connectivity index (χ2v) is 11.6. The Labute approximate surface area is 203 Å². The minimum atomic E-state index is -4.16. The Morgan fingerprint density at radius 2 is 2.12 bits per heavy atom. The second-order valence-electron chi connectivity index (χ2n) is 9.93. The van der Waals surface area contributed by atoms with Gasteiger partial charge in [0.15, 0.2) is 0 Å². The van der Waals surface area contributed by atoms with Crippen molar-refractivity contribution in [2.24, 2.45) is 5.14 Å². The molecule has 2 aromatic heterocycles. The first kappa shape index (κ1) is 23.5. The molecule has 3 aromatic rings. The molecule has 0 radical (unpaired) electrons. The van der Waals surface area contributed by atoms with Gasteiger partial charge in [-0.25, -0.2) is 15.1 Å². The number of hydrogen-bond donors (Lipinski definition) is 3. The van der Waals surface area contributed by atoms with Gasteiger partial charge in [0, 0.05) is 11.2 Å². The van der Waals surface area contributed by atoms with Crippen molar-refractivity contribution >= 4 is 38.8 Å². The van der Waals surface area contributed by atoms with Gasteiger partial charge in [0.2, 0.25) is 0 Å². The normalized spacial score (nSPS) is 26.1. The maximum Gasteiger partial charge on any atom is 0.333 e. The molecule has 0 aliphatic heterocycles. The van der Waals surface area contributed by atoms with Crippen LogP contribution in [-0.2, 0) is 25.4 Å². The molecule has 182 valence electrons. The highest BCUT2D eigenvalue weighted by Gasteiger charge is 2.46. The Morgan fingerprint density at radius 1 is 1.32 bits per heavy atom. The Kier molecular flexibility index (Phi) is 5.64. The summed E-state index contributed by atoms with van der Waals surface area (Å²) in [4.78, 5) is 8.98. The maximum atomic E-state index is 11.5. The molecule has 3 atom stereocenters. The van der Waals surface area contributed by atoms with Gasteiger partial charge < -0.3 is 15.0 Å². The van der Waals surface area contributed by atoms with Crippen molar-refractivity contribution in [3.63, 3.8) is 0 Å².